The molecule has 0 bridgehead atoms. The maximum Gasteiger partial charge on any atom is 0.260 e. The Balaban J connectivity index is 1.27. The van der Waals surface area contributed by atoms with Crippen LogP contribution in [0.2, 0.25) is 0 Å². The number of carbonyl (C=O) groups excluding carboxylic acids is 2. The van der Waals surface area contributed by atoms with E-state index < -0.39 is 0 Å². The van der Waals surface area contributed by atoms with E-state index in [1.54, 1.807) is 23.0 Å². The maximum atomic E-state index is 12.8. The second-order valence-corrected chi connectivity index (χ2v) is 10.7. The predicted octanol–water partition coefficient (Wildman–Crippen LogP) is 4.07. The number of likely N-dealkylation sites (tertiary alicyclic amines) is 1. The van der Waals surface area contributed by atoms with Crippen LogP contribution in [0.25, 0.3) is 4.83 Å². The third-order valence-corrected chi connectivity index (χ3v) is 7.77. The fourth-order valence-electron chi connectivity index (χ4n) is 4.32. The number of hydrogen-bond acceptors (Lipinski definition) is 6. The van der Waals surface area contributed by atoms with Gasteiger partial charge in [-0.3, -0.25) is 19.5 Å². The van der Waals surface area contributed by atoms with Crippen molar-refractivity contribution in [1.29, 1.82) is 0 Å². The molecule has 31 heavy (non-hydrogen) atoms. The Morgan fingerprint density at radius 2 is 2.06 bits per heavy atom. The number of carbonyl (C=O) groups is 2. The van der Waals surface area contributed by atoms with E-state index in [1.165, 1.54) is 37.0 Å². The molecule has 1 spiro atoms. The summed E-state index contributed by atoms with van der Waals surface area (Å²) in [7, 11) is 0. The number of amides is 2. The number of halogens is 1. The number of anilines is 2. The molecule has 0 unspecified atom stereocenters. The van der Waals surface area contributed by atoms with Gasteiger partial charge in [-0.05, 0) is 61.1 Å². The van der Waals surface area contributed by atoms with Gasteiger partial charge in [0.05, 0.1) is 51.6 Å². The molecule has 0 aromatic carbocycles. The van der Waals surface area contributed by atoms with Crippen LogP contribution in [0.3, 0.4) is 0 Å². The Hall–Kier alpha value is -2.30. The van der Waals surface area contributed by atoms with Crippen LogP contribution in [-0.2, 0) is 4.79 Å². The molecule has 1 aliphatic carbocycles. The topological polar surface area (TPSA) is 91.6 Å². The molecule has 162 valence electrons. The van der Waals surface area contributed by atoms with Crippen LogP contribution in [0.5, 0.6) is 0 Å². The first-order valence-corrected chi connectivity index (χ1v) is 12.0. The van der Waals surface area contributed by atoms with Crippen molar-refractivity contribution in [2.45, 2.75) is 44.6 Å². The number of rotatable bonds is 5. The van der Waals surface area contributed by atoms with Crippen LogP contribution < -0.4 is 10.6 Å². The van der Waals surface area contributed by atoms with Crippen molar-refractivity contribution in [2.75, 3.05) is 23.7 Å². The van der Waals surface area contributed by atoms with Gasteiger partial charge in [0.25, 0.3) is 5.91 Å². The minimum atomic E-state index is -0.262. The molecule has 0 atom stereocenters. The van der Waals surface area contributed by atoms with Gasteiger partial charge in [-0.2, -0.15) is 5.10 Å². The Morgan fingerprint density at radius 1 is 1.23 bits per heavy atom. The summed E-state index contributed by atoms with van der Waals surface area (Å²) in [6.45, 7) is 3.21. The lowest BCUT2D eigenvalue weighted by Gasteiger charge is -2.35. The minimum Gasteiger partial charge on any atom is -0.324 e. The Kier molecular flexibility index (Phi) is 5.31. The van der Waals surface area contributed by atoms with Gasteiger partial charge in [-0.15, -0.1) is 11.3 Å². The maximum absolute atomic E-state index is 12.8. The lowest BCUT2D eigenvalue weighted by molar-refractivity contribution is -0.118. The highest BCUT2D eigenvalue weighted by Gasteiger charge is 2.49. The van der Waals surface area contributed by atoms with E-state index in [9.17, 15) is 9.59 Å². The second-order valence-electron chi connectivity index (χ2n) is 8.31. The number of hydrogen-bond donors (Lipinski definition) is 2. The molecular formula is C21H23BrN6O2S. The van der Waals surface area contributed by atoms with E-state index in [0.29, 0.717) is 29.2 Å². The van der Waals surface area contributed by atoms with Crippen molar-refractivity contribution in [1.82, 2.24) is 19.5 Å². The van der Waals surface area contributed by atoms with E-state index in [4.69, 9.17) is 0 Å². The average molecular weight is 503 g/mol. The normalized spacial score (nSPS) is 17.7. The first-order valence-electron chi connectivity index (χ1n) is 10.4. The third-order valence-electron chi connectivity index (χ3n) is 6.18. The molecule has 5 rings (SSSR count). The largest absolute Gasteiger partial charge is 0.324 e. The molecule has 2 N–H and O–H groups in total. The van der Waals surface area contributed by atoms with Gasteiger partial charge in [0.15, 0.2) is 0 Å². The van der Waals surface area contributed by atoms with E-state index in [0.717, 1.165) is 21.6 Å². The summed E-state index contributed by atoms with van der Waals surface area (Å²) in [6.07, 6.45) is 11.0. The highest BCUT2D eigenvalue weighted by molar-refractivity contribution is 9.11. The van der Waals surface area contributed by atoms with Crippen molar-refractivity contribution in [3.8, 4) is 0 Å². The van der Waals surface area contributed by atoms with Crippen LogP contribution in [0.1, 0.15) is 48.2 Å². The monoisotopic (exact) mass is 502 g/mol. The molecule has 4 heterocycles. The average Bonchev–Trinajstić information content (AvgIpc) is 3.24. The molecule has 0 radical (unpaired) electrons. The zero-order valence-corrected chi connectivity index (χ0v) is 19.6. The van der Waals surface area contributed by atoms with Gasteiger partial charge in [-0.25, -0.2) is 4.52 Å². The molecule has 1 saturated heterocycles. The molecule has 2 aliphatic rings. The number of aryl methyl sites for hydroxylation is 1. The first kappa shape index (κ1) is 20.6. The number of piperidine rings is 1. The fraction of sp³-hybridized carbons (Fsp3) is 0.429. The number of thiazole rings is 1. The molecular weight excluding hydrogens is 480 g/mol. The SMILES string of the molecule is Cc1ncc(NC(=O)CN2CCCCC23CC3)cc1NC(=O)c1cnn2cc(Br)sc12. The summed E-state index contributed by atoms with van der Waals surface area (Å²) < 4.78 is 2.56. The Morgan fingerprint density at radius 3 is 2.87 bits per heavy atom. The summed E-state index contributed by atoms with van der Waals surface area (Å²) in [4.78, 5) is 32.9. The van der Waals surface area contributed by atoms with Gasteiger partial charge in [-0.1, -0.05) is 6.42 Å². The van der Waals surface area contributed by atoms with Crippen molar-refractivity contribution >= 4 is 55.3 Å². The van der Waals surface area contributed by atoms with Crippen LogP contribution in [0.15, 0.2) is 28.4 Å². The first-order chi connectivity index (χ1) is 14.9. The number of aromatic nitrogens is 3. The Bertz CT molecular complexity index is 1170. The summed E-state index contributed by atoms with van der Waals surface area (Å²) in [6, 6.07) is 1.76. The van der Waals surface area contributed by atoms with Crippen molar-refractivity contribution in [3.63, 3.8) is 0 Å². The van der Waals surface area contributed by atoms with Crippen LogP contribution in [-0.4, -0.2) is 49.9 Å². The fourth-order valence-corrected chi connectivity index (χ4v) is 5.76. The zero-order chi connectivity index (χ0) is 21.6. The lowest BCUT2D eigenvalue weighted by Crippen LogP contribution is -2.45. The zero-order valence-electron chi connectivity index (χ0n) is 17.2. The molecule has 1 saturated carbocycles. The standard InChI is InChI=1S/C21H23BrN6O2S/c1-13-16(26-19(30)15-10-24-28-11-17(22)31-20(15)28)8-14(9-23-13)25-18(29)12-27-7-3-2-4-21(27)5-6-21/h8-11H,2-7,12H2,1H3,(H,25,29)(H,26,30). The van der Waals surface area contributed by atoms with Crippen molar-refractivity contribution in [3.05, 3.63) is 39.7 Å². The van der Waals surface area contributed by atoms with E-state index in [2.05, 4.69) is 41.5 Å². The number of pyridine rings is 1. The minimum absolute atomic E-state index is 0.0436. The quantitative estimate of drug-likeness (QED) is 0.548. The van der Waals surface area contributed by atoms with Gasteiger partial charge in [0, 0.05) is 5.54 Å². The summed E-state index contributed by atoms with van der Waals surface area (Å²) in [5, 5.41) is 10.1. The number of fused-ring (bicyclic) bond motifs is 1. The smallest absolute Gasteiger partial charge is 0.260 e. The van der Waals surface area contributed by atoms with Crippen LogP contribution in [0.4, 0.5) is 11.4 Å². The third kappa shape index (κ3) is 4.11. The highest BCUT2D eigenvalue weighted by Crippen LogP contribution is 2.48. The van der Waals surface area contributed by atoms with Crippen molar-refractivity contribution in [2.24, 2.45) is 0 Å². The summed E-state index contributed by atoms with van der Waals surface area (Å²) in [5.74, 6) is -0.306. The predicted molar refractivity (Wildman–Crippen MR) is 124 cm³/mol. The van der Waals surface area contributed by atoms with Gasteiger partial charge >= 0.3 is 0 Å². The molecule has 2 amide bonds. The molecule has 2 fully saturated rings. The van der Waals surface area contributed by atoms with Crippen molar-refractivity contribution < 1.29 is 9.59 Å². The molecule has 3 aromatic heterocycles. The van der Waals surface area contributed by atoms with Crippen LogP contribution in [0, 0.1) is 6.92 Å². The highest BCUT2D eigenvalue weighted by atomic mass is 79.9. The number of nitrogens with one attached hydrogen (secondary N) is 2. The molecule has 3 aromatic rings. The second kappa shape index (κ2) is 7.99. The van der Waals surface area contributed by atoms with Gasteiger partial charge in [0.2, 0.25) is 5.91 Å². The lowest BCUT2D eigenvalue weighted by atomic mass is 10.00. The summed E-state index contributed by atoms with van der Waals surface area (Å²) in [5.41, 5.74) is 2.58. The molecule has 1 aliphatic heterocycles. The summed E-state index contributed by atoms with van der Waals surface area (Å²) >= 11 is 4.86. The van der Waals surface area contributed by atoms with E-state index in [1.807, 2.05) is 13.1 Å². The van der Waals surface area contributed by atoms with Gasteiger partial charge < -0.3 is 10.6 Å². The number of nitrogens with zero attached hydrogens (tertiary/aromatic N) is 4. The Labute approximate surface area is 192 Å². The van der Waals surface area contributed by atoms with Gasteiger partial charge in [0.1, 0.15) is 4.83 Å². The van der Waals surface area contributed by atoms with E-state index >= 15 is 0 Å². The van der Waals surface area contributed by atoms with Crippen LogP contribution >= 0.6 is 27.3 Å². The molecule has 10 heteroatoms. The molecule has 8 nitrogen and oxygen atoms in total. The van der Waals surface area contributed by atoms with E-state index in [-0.39, 0.29) is 17.4 Å².